The molecule has 0 heterocycles. The fourth-order valence-corrected chi connectivity index (χ4v) is 3.43. The molecule has 0 bridgehead atoms. The van der Waals surface area contributed by atoms with Crippen LogP contribution in [0.4, 0.5) is 4.79 Å². The summed E-state index contributed by atoms with van der Waals surface area (Å²) in [6, 6.07) is 9.41. The quantitative estimate of drug-likeness (QED) is 0.382. The van der Waals surface area contributed by atoms with Crippen LogP contribution in [0.3, 0.4) is 0 Å². The molecule has 1 aromatic carbocycles. The van der Waals surface area contributed by atoms with E-state index in [1.165, 1.54) is 5.56 Å². The summed E-state index contributed by atoms with van der Waals surface area (Å²) in [6.45, 7) is 10.4. The van der Waals surface area contributed by atoms with E-state index in [9.17, 15) is 14.4 Å². The summed E-state index contributed by atoms with van der Waals surface area (Å²) in [5.41, 5.74) is 1.42. The van der Waals surface area contributed by atoms with Crippen molar-refractivity contribution in [3.8, 4) is 0 Å². The minimum atomic E-state index is -1.14. The number of alkyl carbamates (subject to hydrolysis) is 1. The Kier molecular flexibility index (Phi) is 12.2. The van der Waals surface area contributed by atoms with Crippen LogP contribution in [0.15, 0.2) is 54.1 Å². The van der Waals surface area contributed by atoms with Crippen molar-refractivity contribution >= 4 is 18.0 Å². The number of hydrogen-bond acceptors (Lipinski definition) is 5. The Morgan fingerprint density at radius 2 is 1.74 bits per heavy atom. The van der Waals surface area contributed by atoms with Crippen LogP contribution in [-0.4, -0.2) is 54.5 Å². The molecular weight excluding hydrogens is 448 g/mol. The van der Waals surface area contributed by atoms with Crippen molar-refractivity contribution in [3.05, 3.63) is 59.7 Å². The molecule has 0 saturated carbocycles. The van der Waals surface area contributed by atoms with Gasteiger partial charge in [0.15, 0.2) is 0 Å². The second-order valence-electron chi connectivity index (χ2n) is 9.67. The van der Waals surface area contributed by atoms with Gasteiger partial charge in [-0.05, 0) is 39.7 Å². The molecule has 0 unspecified atom stereocenters. The molecule has 0 saturated heterocycles. The van der Waals surface area contributed by atoms with E-state index in [1.54, 1.807) is 40.9 Å². The predicted molar refractivity (Wildman–Crippen MR) is 136 cm³/mol. The molecule has 0 fully saturated rings. The van der Waals surface area contributed by atoms with Gasteiger partial charge >= 0.3 is 12.1 Å². The second-order valence-corrected chi connectivity index (χ2v) is 9.67. The van der Waals surface area contributed by atoms with Gasteiger partial charge in [0.2, 0.25) is 5.91 Å². The fraction of sp³-hybridized carbons (Fsp3) is 0.519. The highest BCUT2D eigenvalue weighted by Crippen LogP contribution is 2.18. The summed E-state index contributed by atoms with van der Waals surface area (Å²) >= 11 is 0. The topological polar surface area (TPSA) is 114 Å². The van der Waals surface area contributed by atoms with Crippen molar-refractivity contribution in [1.29, 1.82) is 0 Å². The molecule has 4 atom stereocenters. The first-order valence-corrected chi connectivity index (χ1v) is 11.7. The third kappa shape index (κ3) is 12.2. The lowest BCUT2D eigenvalue weighted by atomic mass is 9.95. The van der Waals surface area contributed by atoms with Gasteiger partial charge in [0.05, 0.1) is 18.1 Å². The number of carbonyl (C=O) groups excluding carboxylic acids is 2. The summed E-state index contributed by atoms with van der Waals surface area (Å²) in [7, 11) is 1.70. The molecule has 2 amide bonds. The largest absolute Gasteiger partial charge is 0.480 e. The van der Waals surface area contributed by atoms with Gasteiger partial charge in [0.1, 0.15) is 12.1 Å². The number of amides is 2. The molecule has 0 aliphatic rings. The molecule has 194 valence electrons. The van der Waals surface area contributed by atoms with Gasteiger partial charge in [-0.15, -0.1) is 0 Å². The average Bonchev–Trinajstić information content (AvgIpc) is 2.77. The predicted octanol–water partition coefficient (Wildman–Crippen LogP) is 4.11. The summed E-state index contributed by atoms with van der Waals surface area (Å²) in [6.07, 6.45) is 5.71. The average molecular weight is 489 g/mol. The van der Waals surface area contributed by atoms with Crippen molar-refractivity contribution in [2.45, 2.75) is 65.7 Å². The van der Waals surface area contributed by atoms with E-state index >= 15 is 0 Å². The van der Waals surface area contributed by atoms with Crippen LogP contribution < -0.4 is 10.6 Å². The Labute approximate surface area is 208 Å². The lowest BCUT2D eigenvalue weighted by molar-refractivity contribution is -0.138. The first kappa shape index (κ1) is 29.9. The lowest BCUT2D eigenvalue weighted by Crippen LogP contribution is -2.47. The number of benzene rings is 1. The van der Waals surface area contributed by atoms with Crippen molar-refractivity contribution in [2.75, 3.05) is 13.7 Å². The van der Waals surface area contributed by atoms with Crippen LogP contribution in [0.25, 0.3) is 0 Å². The highest BCUT2D eigenvalue weighted by molar-refractivity contribution is 5.84. The number of carboxylic acids is 1. The Hall–Kier alpha value is -3.13. The molecule has 0 aliphatic carbocycles. The Balaban J connectivity index is 2.98. The second kappa shape index (κ2) is 14.3. The summed E-state index contributed by atoms with van der Waals surface area (Å²) in [4.78, 5) is 35.6. The van der Waals surface area contributed by atoms with Crippen molar-refractivity contribution in [2.24, 2.45) is 11.8 Å². The maximum atomic E-state index is 12.4. The molecule has 1 aromatic rings. The van der Waals surface area contributed by atoms with E-state index in [4.69, 9.17) is 14.6 Å². The van der Waals surface area contributed by atoms with Gasteiger partial charge in [0, 0.05) is 13.0 Å². The number of hydrogen-bond donors (Lipinski definition) is 3. The number of methoxy groups -OCH3 is 1. The molecule has 0 aliphatic heterocycles. The Morgan fingerprint density at radius 3 is 2.29 bits per heavy atom. The van der Waals surface area contributed by atoms with E-state index < -0.39 is 42.1 Å². The van der Waals surface area contributed by atoms with E-state index in [0.717, 1.165) is 12.0 Å². The molecule has 8 nitrogen and oxygen atoms in total. The normalized spacial score (nSPS) is 15.7. The van der Waals surface area contributed by atoms with Crippen LogP contribution in [-0.2, 0) is 25.5 Å². The minimum absolute atomic E-state index is 0.0165. The van der Waals surface area contributed by atoms with Crippen LogP contribution in [0.1, 0.15) is 47.1 Å². The summed E-state index contributed by atoms with van der Waals surface area (Å²) in [5.74, 6) is -2.25. The third-order valence-corrected chi connectivity index (χ3v) is 5.31. The highest BCUT2D eigenvalue weighted by Gasteiger charge is 2.26. The van der Waals surface area contributed by atoms with Crippen LogP contribution in [0, 0.1) is 11.8 Å². The number of carboxylic acid groups (broad SMARTS) is 1. The van der Waals surface area contributed by atoms with Gasteiger partial charge < -0.3 is 25.2 Å². The van der Waals surface area contributed by atoms with E-state index in [-0.39, 0.29) is 12.0 Å². The van der Waals surface area contributed by atoms with E-state index in [1.807, 2.05) is 31.2 Å². The maximum absolute atomic E-state index is 12.4. The number of carbonyl (C=O) groups is 3. The smallest absolute Gasteiger partial charge is 0.408 e. The standard InChI is InChI=1S/C27H40N2O6/c1-18(15-19(2)23(34-7)16-21-11-9-8-10-12-21)13-14-22(29-26(33)35-27(4,5)6)20(3)25(32)28-17-24(30)31/h8-15,19-20,22-23H,16-17H2,1-7H3,(H,28,32)(H,29,33)(H,30,31)/b14-13+,18-15+/t19-,20-,22-,23-/m0/s1. The number of nitrogens with one attached hydrogen (secondary N) is 2. The molecule has 1 rings (SSSR count). The lowest BCUT2D eigenvalue weighted by Gasteiger charge is -2.25. The SMILES string of the molecule is CO[C@@H](Cc1ccccc1)[C@@H](C)/C=C(C)/C=C/[C@H](NC(=O)OC(C)(C)C)[C@H](C)C(=O)NCC(=O)O. The number of allylic oxidation sites excluding steroid dienone is 2. The van der Waals surface area contributed by atoms with Crippen LogP contribution >= 0.6 is 0 Å². The molecule has 0 radical (unpaired) electrons. The monoisotopic (exact) mass is 488 g/mol. The molecule has 0 spiro atoms. The first-order valence-electron chi connectivity index (χ1n) is 11.7. The van der Waals surface area contributed by atoms with Gasteiger partial charge in [-0.3, -0.25) is 9.59 Å². The number of ether oxygens (including phenoxy) is 2. The van der Waals surface area contributed by atoms with Crippen molar-refractivity contribution in [1.82, 2.24) is 10.6 Å². The zero-order chi connectivity index (χ0) is 26.6. The highest BCUT2D eigenvalue weighted by atomic mass is 16.6. The van der Waals surface area contributed by atoms with E-state index in [2.05, 4.69) is 35.8 Å². The zero-order valence-electron chi connectivity index (χ0n) is 21.8. The fourth-order valence-electron chi connectivity index (χ4n) is 3.43. The third-order valence-electron chi connectivity index (χ3n) is 5.31. The molecular formula is C27H40N2O6. The van der Waals surface area contributed by atoms with Gasteiger partial charge in [-0.2, -0.15) is 0 Å². The molecule has 0 aromatic heterocycles. The van der Waals surface area contributed by atoms with Crippen molar-refractivity contribution in [3.63, 3.8) is 0 Å². The van der Waals surface area contributed by atoms with E-state index in [0.29, 0.717) is 0 Å². The molecule has 35 heavy (non-hydrogen) atoms. The van der Waals surface area contributed by atoms with Crippen molar-refractivity contribution < 1.29 is 29.0 Å². The Morgan fingerprint density at radius 1 is 1.11 bits per heavy atom. The first-order chi connectivity index (χ1) is 16.3. The summed E-state index contributed by atoms with van der Waals surface area (Å²) < 4.78 is 11.0. The molecule has 3 N–H and O–H groups in total. The van der Waals surface area contributed by atoms with Crippen LogP contribution in [0.5, 0.6) is 0 Å². The number of rotatable bonds is 12. The minimum Gasteiger partial charge on any atom is -0.480 e. The van der Waals surface area contributed by atoms with Crippen LogP contribution in [0.2, 0.25) is 0 Å². The van der Waals surface area contributed by atoms with Gasteiger partial charge in [-0.1, -0.05) is 68.0 Å². The maximum Gasteiger partial charge on any atom is 0.408 e. The van der Waals surface area contributed by atoms with Gasteiger partial charge in [-0.25, -0.2) is 4.79 Å². The summed E-state index contributed by atoms with van der Waals surface area (Å²) in [5, 5.41) is 13.9. The van der Waals surface area contributed by atoms with Gasteiger partial charge in [0.25, 0.3) is 0 Å². The molecule has 8 heteroatoms. The Bertz CT molecular complexity index is 889. The zero-order valence-corrected chi connectivity index (χ0v) is 21.8. The number of aliphatic carboxylic acids is 1.